The van der Waals surface area contributed by atoms with Gasteiger partial charge in [0.1, 0.15) is 0 Å². The summed E-state index contributed by atoms with van der Waals surface area (Å²) in [4.78, 5) is 0. The number of methoxy groups -OCH3 is 1. The maximum atomic E-state index is 5.42. The zero-order valence-corrected chi connectivity index (χ0v) is 12.7. The van der Waals surface area contributed by atoms with E-state index in [0.29, 0.717) is 12.0 Å². The van der Waals surface area contributed by atoms with Crippen molar-refractivity contribution < 1.29 is 4.74 Å². The first-order valence-electron chi connectivity index (χ1n) is 6.71. The molecule has 1 fully saturated rings. The van der Waals surface area contributed by atoms with Crippen molar-refractivity contribution in [2.45, 2.75) is 44.2 Å². The summed E-state index contributed by atoms with van der Waals surface area (Å²) in [5.41, 5.74) is 1.38. The lowest BCUT2D eigenvalue weighted by Gasteiger charge is -2.22. The summed E-state index contributed by atoms with van der Waals surface area (Å²) in [6.07, 6.45) is 4.02. The van der Waals surface area contributed by atoms with Gasteiger partial charge in [-0.1, -0.05) is 34.1 Å². The minimum absolute atomic E-state index is 0.295. The number of rotatable bonds is 7. The fraction of sp³-hybridized carbons (Fsp3) is 0.600. The highest BCUT2D eigenvalue weighted by Crippen LogP contribution is 2.29. The molecular formula is C15H22BrNO. The van der Waals surface area contributed by atoms with Crippen LogP contribution in [0.2, 0.25) is 0 Å². The Balaban J connectivity index is 2.04. The first kappa shape index (κ1) is 14.0. The van der Waals surface area contributed by atoms with E-state index in [2.05, 4.69) is 52.4 Å². The van der Waals surface area contributed by atoms with E-state index in [0.717, 1.165) is 19.0 Å². The van der Waals surface area contributed by atoms with Crippen molar-refractivity contribution in [1.29, 1.82) is 0 Å². The number of benzene rings is 1. The Morgan fingerprint density at radius 2 is 2.11 bits per heavy atom. The third kappa shape index (κ3) is 4.08. The SMILES string of the molecule is COC(C)CC(CNC1CC1)c1ccccc1Br. The lowest BCUT2D eigenvalue weighted by Crippen LogP contribution is -2.26. The summed E-state index contributed by atoms with van der Waals surface area (Å²) in [5, 5.41) is 3.64. The Kier molecular flexibility index (Phi) is 5.22. The Morgan fingerprint density at radius 3 is 2.72 bits per heavy atom. The second-order valence-electron chi connectivity index (χ2n) is 5.18. The molecule has 100 valence electrons. The molecule has 1 aromatic rings. The van der Waals surface area contributed by atoms with Crippen molar-refractivity contribution in [3.63, 3.8) is 0 Å². The molecule has 2 rings (SSSR count). The van der Waals surface area contributed by atoms with Crippen LogP contribution in [0.3, 0.4) is 0 Å². The molecule has 0 heterocycles. The normalized spacial score (nSPS) is 18.6. The number of ether oxygens (including phenoxy) is 1. The van der Waals surface area contributed by atoms with Crippen LogP contribution in [0.4, 0.5) is 0 Å². The van der Waals surface area contributed by atoms with Crippen molar-refractivity contribution in [3.05, 3.63) is 34.3 Å². The molecule has 0 aromatic heterocycles. The topological polar surface area (TPSA) is 21.3 Å². The molecule has 2 unspecified atom stereocenters. The molecule has 1 aliphatic rings. The number of halogens is 1. The number of hydrogen-bond acceptors (Lipinski definition) is 2. The molecule has 1 aromatic carbocycles. The molecule has 2 nitrogen and oxygen atoms in total. The molecule has 0 bridgehead atoms. The van der Waals surface area contributed by atoms with Gasteiger partial charge < -0.3 is 10.1 Å². The van der Waals surface area contributed by atoms with Crippen molar-refractivity contribution >= 4 is 15.9 Å². The summed E-state index contributed by atoms with van der Waals surface area (Å²) in [7, 11) is 1.79. The van der Waals surface area contributed by atoms with Crippen LogP contribution in [-0.4, -0.2) is 25.8 Å². The molecule has 0 spiro atoms. The average Bonchev–Trinajstić information content (AvgIpc) is 3.19. The number of nitrogens with one attached hydrogen (secondary N) is 1. The molecule has 1 aliphatic carbocycles. The van der Waals surface area contributed by atoms with Gasteiger partial charge in [0.05, 0.1) is 6.10 Å². The van der Waals surface area contributed by atoms with Gasteiger partial charge in [-0.2, -0.15) is 0 Å². The fourth-order valence-electron chi connectivity index (χ4n) is 2.22. The second kappa shape index (κ2) is 6.69. The molecule has 1 saturated carbocycles. The Hall–Kier alpha value is -0.380. The molecule has 2 atom stereocenters. The van der Waals surface area contributed by atoms with E-state index in [-0.39, 0.29) is 0 Å². The molecule has 1 N–H and O–H groups in total. The first-order valence-corrected chi connectivity index (χ1v) is 7.50. The predicted octanol–water partition coefficient (Wildman–Crippen LogP) is 3.71. The molecular weight excluding hydrogens is 290 g/mol. The van der Waals surface area contributed by atoms with Crippen LogP contribution in [0, 0.1) is 0 Å². The van der Waals surface area contributed by atoms with Gasteiger partial charge in [-0.25, -0.2) is 0 Å². The molecule has 0 radical (unpaired) electrons. The fourth-order valence-corrected chi connectivity index (χ4v) is 2.83. The highest BCUT2D eigenvalue weighted by molar-refractivity contribution is 9.10. The van der Waals surface area contributed by atoms with Crippen molar-refractivity contribution in [1.82, 2.24) is 5.32 Å². The summed E-state index contributed by atoms with van der Waals surface area (Å²) < 4.78 is 6.63. The van der Waals surface area contributed by atoms with Crippen LogP contribution < -0.4 is 5.32 Å². The lowest BCUT2D eigenvalue weighted by molar-refractivity contribution is 0.104. The molecule has 3 heteroatoms. The van der Waals surface area contributed by atoms with Gasteiger partial charge in [-0.05, 0) is 43.7 Å². The Morgan fingerprint density at radius 1 is 1.39 bits per heavy atom. The highest BCUT2D eigenvalue weighted by atomic mass is 79.9. The van der Waals surface area contributed by atoms with Crippen LogP contribution in [0.1, 0.15) is 37.7 Å². The monoisotopic (exact) mass is 311 g/mol. The molecule has 18 heavy (non-hydrogen) atoms. The van der Waals surface area contributed by atoms with Crippen LogP contribution in [0.25, 0.3) is 0 Å². The van der Waals surface area contributed by atoms with E-state index in [1.54, 1.807) is 7.11 Å². The van der Waals surface area contributed by atoms with E-state index in [4.69, 9.17) is 4.74 Å². The quantitative estimate of drug-likeness (QED) is 0.829. The largest absolute Gasteiger partial charge is 0.382 e. The summed E-state index contributed by atoms with van der Waals surface area (Å²) in [6.45, 7) is 3.18. The van der Waals surface area contributed by atoms with Crippen LogP contribution in [-0.2, 0) is 4.74 Å². The van der Waals surface area contributed by atoms with Gasteiger partial charge in [0, 0.05) is 24.2 Å². The molecule has 0 amide bonds. The highest BCUT2D eigenvalue weighted by Gasteiger charge is 2.24. The van der Waals surface area contributed by atoms with E-state index in [9.17, 15) is 0 Å². The van der Waals surface area contributed by atoms with Crippen molar-refractivity contribution in [3.8, 4) is 0 Å². The maximum Gasteiger partial charge on any atom is 0.0549 e. The van der Waals surface area contributed by atoms with E-state index in [1.165, 1.54) is 22.9 Å². The Bertz CT molecular complexity index is 379. The predicted molar refractivity (Wildman–Crippen MR) is 79.0 cm³/mol. The number of hydrogen-bond donors (Lipinski definition) is 1. The van der Waals surface area contributed by atoms with Gasteiger partial charge in [-0.15, -0.1) is 0 Å². The zero-order valence-electron chi connectivity index (χ0n) is 11.2. The summed E-state index contributed by atoms with van der Waals surface area (Å²) in [5.74, 6) is 0.510. The molecule has 0 saturated heterocycles. The average molecular weight is 312 g/mol. The third-order valence-corrected chi connectivity index (χ3v) is 4.32. The summed E-state index contributed by atoms with van der Waals surface area (Å²) >= 11 is 3.66. The minimum atomic E-state index is 0.295. The van der Waals surface area contributed by atoms with Crippen molar-refractivity contribution in [2.24, 2.45) is 0 Å². The van der Waals surface area contributed by atoms with Gasteiger partial charge >= 0.3 is 0 Å². The Labute approximate surface area is 118 Å². The van der Waals surface area contributed by atoms with E-state index < -0.39 is 0 Å². The van der Waals surface area contributed by atoms with Crippen molar-refractivity contribution in [2.75, 3.05) is 13.7 Å². The second-order valence-corrected chi connectivity index (χ2v) is 6.04. The lowest BCUT2D eigenvalue weighted by atomic mass is 9.93. The van der Waals surface area contributed by atoms with Gasteiger partial charge in [-0.3, -0.25) is 0 Å². The third-order valence-electron chi connectivity index (χ3n) is 3.59. The minimum Gasteiger partial charge on any atom is -0.382 e. The van der Waals surface area contributed by atoms with Gasteiger partial charge in [0.15, 0.2) is 0 Å². The first-order chi connectivity index (χ1) is 8.70. The molecule has 0 aliphatic heterocycles. The van der Waals surface area contributed by atoms with Gasteiger partial charge in [0.25, 0.3) is 0 Å². The smallest absolute Gasteiger partial charge is 0.0549 e. The van der Waals surface area contributed by atoms with Gasteiger partial charge in [0.2, 0.25) is 0 Å². The zero-order chi connectivity index (χ0) is 13.0. The van der Waals surface area contributed by atoms with E-state index in [1.807, 2.05) is 0 Å². The van der Waals surface area contributed by atoms with Crippen LogP contribution in [0.15, 0.2) is 28.7 Å². The van der Waals surface area contributed by atoms with Crippen LogP contribution in [0.5, 0.6) is 0 Å². The van der Waals surface area contributed by atoms with Crippen LogP contribution >= 0.6 is 15.9 Å². The maximum absolute atomic E-state index is 5.42. The standard InChI is InChI=1S/C15H22BrNO/c1-11(18-2)9-12(10-17-13-7-8-13)14-5-3-4-6-15(14)16/h3-6,11-13,17H,7-10H2,1-2H3. The summed E-state index contributed by atoms with van der Waals surface area (Å²) in [6, 6.07) is 9.27. The van der Waals surface area contributed by atoms with E-state index >= 15 is 0 Å².